The second-order valence-electron chi connectivity index (χ2n) is 5.55. The molecular weight excluding hydrogens is 326 g/mol. The van der Waals surface area contributed by atoms with Gasteiger partial charge >= 0.3 is 5.97 Å². The van der Waals surface area contributed by atoms with E-state index in [0.717, 1.165) is 11.1 Å². The molecule has 0 bridgehead atoms. The maximum absolute atomic E-state index is 12.8. The zero-order chi connectivity index (χ0) is 17.5. The van der Waals surface area contributed by atoms with Crippen LogP contribution in [0.5, 0.6) is 0 Å². The van der Waals surface area contributed by atoms with Crippen molar-refractivity contribution in [3.8, 4) is 0 Å². The number of benzene rings is 2. The first-order valence-electron chi connectivity index (χ1n) is 7.67. The second kappa shape index (κ2) is 8.50. The van der Waals surface area contributed by atoms with Crippen LogP contribution in [0.2, 0.25) is 5.02 Å². The van der Waals surface area contributed by atoms with E-state index >= 15 is 0 Å². The Kier molecular flexibility index (Phi) is 6.38. The quantitative estimate of drug-likeness (QED) is 0.747. The standard InChI is InChI=1S/C19H20ClNO3/c1-14-4-3-5-16(12-14)19(23)21(11-10-18(22)24-2)13-15-6-8-17(20)9-7-15/h3-9,12H,10-11,13H2,1-2H3. The van der Waals surface area contributed by atoms with Crippen LogP contribution in [-0.4, -0.2) is 30.4 Å². The van der Waals surface area contributed by atoms with E-state index in [1.54, 1.807) is 23.1 Å². The monoisotopic (exact) mass is 345 g/mol. The molecule has 0 aliphatic heterocycles. The van der Waals surface area contributed by atoms with Crippen LogP contribution in [-0.2, 0) is 16.1 Å². The third-order valence-corrected chi connectivity index (χ3v) is 3.90. The minimum absolute atomic E-state index is 0.113. The van der Waals surface area contributed by atoms with Crippen molar-refractivity contribution in [3.05, 3.63) is 70.2 Å². The lowest BCUT2D eigenvalue weighted by Gasteiger charge is -2.23. The smallest absolute Gasteiger partial charge is 0.307 e. The number of hydrogen-bond acceptors (Lipinski definition) is 3. The predicted molar refractivity (Wildman–Crippen MR) is 94.0 cm³/mol. The van der Waals surface area contributed by atoms with Gasteiger partial charge in [-0.15, -0.1) is 0 Å². The van der Waals surface area contributed by atoms with Crippen molar-refractivity contribution in [2.24, 2.45) is 0 Å². The molecule has 0 N–H and O–H groups in total. The first kappa shape index (κ1) is 18.0. The van der Waals surface area contributed by atoms with E-state index in [2.05, 4.69) is 4.74 Å². The fraction of sp³-hybridized carbons (Fsp3) is 0.263. The van der Waals surface area contributed by atoms with Gasteiger partial charge in [0, 0.05) is 23.7 Å². The third-order valence-electron chi connectivity index (χ3n) is 3.65. The van der Waals surface area contributed by atoms with E-state index in [0.29, 0.717) is 23.7 Å². The molecule has 2 rings (SSSR count). The van der Waals surface area contributed by atoms with Crippen molar-refractivity contribution >= 4 is 23.5 Å². The normalized spacial score (nSPS) is 10.3. The molecule has 0 saturated heterocycles. The molecule has 0 saturated carbocycles. The first-order chi connectivity index (χ1) is 11.5. The molecule has 1 amide bonds. The number of rotatable bonds is 6. The Bertz CT molecular complexity index is 713. The van der Waals surface area contributed by atoms with Gasteiger partial charge in [-0.1, -0.05) is 41.4 Å². The highest BCUT2D eigenvalue weighted by atomic mass is 35.5. The number of aryl methyl sites for hydroxylation is 1. The molecule has 24 heavy (non-hydrogen) atoms. The summed E-state index contributed by atoms with van der Waals surface area (Å²) in [7, 11) is 1.34. The molecule has 0 atom stereocenters. The Labute approximate surface area is 147 Å². The fourth-order valence-electron chi connectivity index (χ4n) is 2.35. The van der Waals surface area contributed by atoms with Gasteiger partial charge in [0.15, 0.2) is 0 Å². The van der Waals surface area contributed by atoms with E-state index in [9.17, 15) is 9.59 Å². The van der Waals surface area contributed by atoms with Crippen LogP contribution < -0.4 is 0 Å². The molecule has 2 aromatic carbocycles. The van der Waals surface area contributed by atoms with Gasteiger partial charge in [0.2, 0.25) is 0 Å². The SMILES string of the molecule is COC(=O)CCN(Cc1ccc(Cl)cc1)C(=O)c1cccc(C)c1. The van der Waals surface area contributed by atoms with Crippen LogP contribution >= 0.6 is 11.6 Å². The van der Waals surface area contributed by atoms with Gasteiger partial charge in [-0.25, -0.2) is 0 Å². The molecule has 0 heterocycles. The van der Waals surface area contributed by atoms with Crippen LogP contribution in [0.1, 0.15) is 27.9 Å². The van der Waals surface area contributed by atoms with Crippen molar-refractivity contribution in [3.63, 3.8) is 0 Å². The highest BCUT2D eigenvalue weighted by molar-refractivity contribution is 6.30. The molecule has 5 heteroatoms. The summed E-state index contributed by atoms with van der Waals surface area (Å²) in [5.41, 5.74) is 2.57. The highest BCUT2D eigenvalue weighted by Gasteiger charge is 2.17. The molecular formula is C19H20ClNO3. The van der Waals surface area contributed by atoms with Gasteiger partial charge in [-0.05, 0) is 36.8 Å². The molecule has 0 radical (unpaired) electrons. The molecule has 0 spiro atoms. The van der Waals surface area contributed by atoms with E-state index in [4.69, 9.17) is 11.6 Å². The van der Waals surface area contributed by atoms with Gasteiger partial charge in [-0.3, -0.25) is 9.59 Å². The summed E-state index contributed by atoms with van der Waals surface area (Å²) >= 11 is 5.90. The second-order valence-corrected chi connectivity index (χ2v) is 5.99. The molecule has 126 valence electrons. The Morgan fingerprint density at radius 2 is 1.83 bits per heavy atom. The van der Waals surface area contributed by atoms with Crippen molar-refractivity contribution in [2.75, 3.05) is 13.7 Å². The van der Waals surface area contributed by atoms with E-state index in [-0.39, 0.29) is 18.3 Å². The number of esters is 1. The van der Waals surface area contributed by atoms with E-state index < -0.39 is 0 Å². The van der Waals surface area contributed by atoms with Crippen molar-refractivity contribution in [2.45, 2.75) is 19.9 Å². The summed E-state index contributed by atoms with van der Waals surface area (Å²) in [5.74, 6) is -0.453. The van der Waals surface area contributed by atoms with Crippen LogP contribution in [0.25, 0.3) is 0 Å². The third kappa shape index (κ3) is 5.10. The number of methoxy groups -OCH3 is 1. The lowest BCUT2D eigenvalue weighted by Crippen LogP contribution is -2.32. The molecule has 0 aliphatic carbocycles. The summed E-state index contributed by atoms with van der Waals surface area (Å²) in [6.45, 7) is 2.64. The Morgan fingerprint density at radius 3 is 2.46 bits per heavy atom. The summed E-state index contributed by atoms with van der Waals surface area (Å²) < 4.78 is 4.68. The van der Waals surface area contributed by atoms with Gasteiger partial charge in [0.1, 0.15) is 0 Å². The molecule has 4 nitrogen and oxygen atoms in total. The molecule has 2 aromatic rings. The summed E-state index contributed by atoms with van der Waals surface area (Å²) in [4.78, 5) is 25.9. The molecule has 0 aromatic heterocycles. The Hall–Kier alpha value is -2.33. The lowest BCUT2D eigenvalue weighted by atomic mass is 10.1. The zero-order valence-electron chi connectivity index (χ0n) is 13.8. The molecule has 0 aliphatic rings. The number of hydrogen-bond donors (Lipinski definition) is 0. The van der Waals surface area contributed by atoms with E-state index in [1.165, 1.54) is 7.11 Å². The van der Waals surface area contributed by atoms with Crippen molar-refractivity contribution in [1.29, 1.82) is 0 Å². The van der Waals surface area contributed by atoms with Gasteiger partial charge in [-0.2, -0.15) is 0 Å². The molecule has 0 unspecified atom stereocenters. The minimum Gasteiger partial charge on any atom is -0.469 e. The zero-order valence-corrected chi connectivity index (χ0v) is 14.5. The largest absolute Gasteiger partial charge is 0.469 e. The average Bonchev–Trinajstić information content (AvgIpc) is 2.59. The number of ether oxygens (including phenoxy) is 1. The maximum atomic E-state index is 12.8. The van der Waals surface area contributed by atoms with Gasteiger partial charge < -0.3 is 9.64 Å². The minimum atomic E-state index is -0.340. The predicted octanol–water partition coefficient (Wildman–Crippen LogP) is 3.85. The number of amides is 1. The van der Waals surface area contributed by atoms with Crippen LogP contribution in [0.4, 0.5) is 0 Å². The number of nitrogens with zero attached hydrogens (tertiary/aromatic N) is 1. The Balaban J connectivity index is 2.19. The summed E-state index contributed by atoms with van der Waals surface area (Å²) in [6.07, 6.45) is 0.154. The lowest BCUT2D eigenvalue weighted by molar-refractivity contribution is -0.140. The number of carbonyl (C=O) groups is 2. The summed E-state index contributed by atoms with van der Waals surface area (Å²) in [6, 6.07) is 14.7. The van der Waals surface area contributed by atoms with Crippen LogP contribution in [0.15, 0.2) is 48.5 Å². The topological polar surface area (TPSA) is 46.6 Å². The Morgan fingerprint density at radius 1 is 1.12 bits per heavy atom. The van der Waals surface area contributed by atoms with Crippen LogP contribution in [0, 0.1) is 6.92 Å². The fourth-order valence-corrected chi connectivity index (χ4v) is 2.48. The average molecular weight is 346 g/mol. The van der Waals surface area contributed by atoms with Crippen molar-refractivity contribution < 1.29 is 14.3 Å². The van der Waals surface area contributed by atoms with Gasteiger partial charge in [0.25, 0.3) is 5.91 Å². The van der Waals surface area contributed by atoms with Gasteiger partial charge in [0.05, 0.1) is 13.5 Å². The highest BCUT2D eigenvalue weighted by Crippen LogP contribution is 2.15. The maximum Gasteiger partial charge on any atom is 0.307 e. The number of halogens is 1. The first-order valence-corrected chi connectivity index (χ1v) is 8.04. The van der Waals surface area contributed by atoms with Crippen molar-refractivity contribution in [1.82, 2.24) is 4.90 Å². The molecule has 0 fully saturated rings. The number of carbonyl (C=O) groups excluding carboxylic acids is 2. The summed E-state index contributed by atoms with van der Waals surface area (Å²) in [5, 5.41) is 0.643. The van der Waals surface area contributed by atoms with E-state index in [1.807, 2.05) is 37.3 Å². The van der Waals surface area contributed by atoms with Crippen LogP contribution in [0.3, 0.4) is 0 Å².